The van der Waals surface area contributed by atoms with Gasteiger partial charge in [0.2, 0.25) is 0 Å². The van der Waals surface area contributed by atoms with Gasteiger partial charge in [-0.05, 0) is 24.0 Å². The summed E-state index contributed by atoms with van der Waals surface area (Å²) in [6, 6.07) is 8.49. The lowest BCUT2D eigenvalue weighted by Crippen LogP contribution is -2.06. The largest absolute Gasteiger partial charge is 0.254 e. The van der Waals surface area contributed by atoms with Crippen LogP contribution in [0.25, 0.3) is 0 Å². The molecule has 1 aromatic carbocycles. The van der Waals surface area contributed by atoms with Gasteiger partial charge >= 0.3 is 0 Å². The van der Waals surface area contributed by atoms with Crippen molar-refractivity contribution in [1.29, 1.82) is 0 Å². The highest BCUT2D eigenvalue weighted by molar-refractivity contribution is 5.32. The van der Waals surface area contributed by atoms with Gasteiger partial charge in [0, 0.05) is 6.04 Å². The molecular formula is C9H10N. The lowest BCUT2D eigenvalue weighted by Gasteiger charge is -1.92. The van der Waals surface area contributed by atoms with Crippen LogP contribution < -0.4 is 5.73 Å². The second-order valence-electron chi connectivity index (χ2n) is 2.87. The fourth-order valence-electron chi connectivity index (χ4n) is 1.56. The van der Waals surface area contributed by atoms with E-state index in [4.69, 9.17) is 5.73 Å². The maximum Gasteiger partial charge on any atom is 0.0293 e. The first-order valence-electron chi connectivity index (χ1n) is 3.64. The van der Waals surface area contributed by atoms with Gasteiger partial charge < -0.3 is 0 Å². The Bertz CT molecular complexity index is 217. The molecule has 51 valence electrons. The van der Waals surface area contributed by atoms with Crippen LogP contribution in [0.4, 0.5) is 0 Å². The third kappa shape index (κ3) is 0.830. The second-order valence-corrected chi connectivity index (χ2v) is 2.87. The Labute approximate surface area is 60.9 Å². The minimum Gasteiger partial charge on any atom is -0.254 e. The van der Waals surface area contributed by atoms with Crippen LogP contribution in [0, 0.1) is 0 Å². The fourth-order valence-corrected chi connectivity index (χ4v) is 1.56. The topological polar surface area (TPSA) is 23.8 Å². The third-order valence-corrected chi connectivity index (χ3v) is 2.05. The van der Waals surface area contributed by atoms with Crippen molar-refractivity contribution in [3.8, 4) is 0 Å². The van der Waals surface area contributed by atoms with Gasteiger partial charge in [0.15, 0.2) is 0 Å². The highest BCUT2D eigenvalue weighted by atomic mass is 14.6. The average molecular weight is 132 g/mol. The molecule has 0 heterocycles. The van der Waals surface area contributed by atoms with E-state index in [1.807, 2.05) is 0 Å². The summed E-state index contributed by atoms with van der Waals surface area (Å²) in [5.41, 5.74) is 10.3. The Hall–Kier alpha value is -0.820. The summed E-state index contributed by atoms with van der Waals surface area (Å²) in [5.74, 6) is 0. The van der Waals surface area contributed by atoms with Crippen molar-refractivity contribution < 1.29 is 0 Å². The first-order chi connectivity index (χ1) is 4.86. The molecule has 0 saturated carbocycles. The van der Waals surface area contributed by atoms with Crippen LogP contribution in [0.3, 0.4) is 0 Å². The molecule has 0 unspecified atom stereocenters. The normalized spacial score (nSPS) is 17.3. The Morgan fingerprint density at radius 2 is 1.60 bits per heavy atom. The van der Waals surface area contributed by atoms with Gasteiger partial charge in [0.25, 0.3) is 0 Å². The first-order valence-corrected chi connectivity index (χ1v) is 3.64. The predicted octanol–water partition coefficient (Wildman–Crippen LogP) is 1.44. The molecule has 1 aliphatic carbocycles. The fraction of sp³-hybridized carbons (Fsp3) is 0.333. The SMILES string of the molecule is [NH]C1Cc2ccccc2C1. The molecular weight excluding hydrogens is 122 g/mol. The summed E-state index contributed by atoms with van der Waals surface area (Å²) in [5, 5.41) is 0. The van der Waals surface area contributed by atoms with Crippen molar-refractivity contribution in [2.24, 2.45) is 0 Å². The average Bonchev–Trinajstić information content (AvgIpc) is 2.27. The first kappa shape index (κ1) is 5.93. The zero-order chi connectivity index (χ0) is 6.97. The number of hydrogen-bond donors (Lipinski definition) is 0. The second kappa shape index (κ2) is 2.10. The molecule has 1 radical (unpaired) electrons. The highest BCUT2D eigenvalue weighted by Crippen LogP contribution is 2.20. The predicted molar refractivity (Wildman–Crippen MR) is 40.7 cm³/mol. The van der Waals surface area contributed by atoms with Crippen molar-refractivity contribution in [2.75, 3.05) is 0 Å². The molecule has 10 heavy (non-hydrogen) atoms. The molecule has 1 aromatic rings. The van der Waals surface area contributed by atoms with E-state index in [2.05, 4.69) is 24.3 Å². The molecule has 1 heteroatoms. The lowest BCUT2D eigenvalue weighted by molar-refractivity contribution is 0.698. The van der Waals surface area contributed by atoms with Crippen LogP contribution in [0.2, 0.25) is 0 Å². The summed E-state index contributed by atoms with van der Waals surface area (Å²) < 4.78 is 0. The number of fused-ring (bicyclic) bond motifs is 1. The van der Waals surface area contributed by atoms with Crippen LogP contribution in [0.5, 0.6) is 0 Å². The van der Waals surface area contributed by atoms with E-state index in [1.54, 1.807) is 0 Å². The lowest BCUT2D eigenvalue weighted by atomic mass is 10.1. The Balaban J connectivity index is 2.42. The molecule has 0 spiro atoms. The Kier molecular flexibility index (Phi) is 1.24. The van der Waals surface area contributed by atoms with Crippen molar-refractivity contribution in [1.82, 2.24) is 5.73 Å². The van der Waals surface area contributed by atoms with Gasteiger partial charge in [-0.2, -0.15) is 0 Å². The van der Waals surface area contributed by atoms with E-state index < -0.39 is 0 Å². The standard InChI is InChI=1S/C9H10N/c10-9-5-7-3-1-2-4-8(7)6-9/h1-4,9-10H,5-6H2. The van der Waals surface area contributed by atoms with Gasteiger partial charge in [-0.3, -0.25) is 5.73 Å². The van der Waals surface area contributed by atoms with E-state index in [1.165, 1.54) is 11.1 Å². The Morgan fingerprint density at radius 1 is 1.10 bits per heavy atom. The molecule has 0 saturated heterocycles. The number of rotatable bonds is 0. The van der Waals surface area contributed by atoms with E-state index in [0.29, 0.717) is 0 Å². The van der Waals surface area contributed by atoms with Crippen molar-refractivity contribution in [3.63, 3.8) is 0 Å². The van der Waals surface area contributed by atoms with Crippen LogP contribution in [0.15, 0.2) is 24.3 Å². The monoisotopic (exact) mass is 132 g/mol. The van der Waals surface area contributed by atoms with E-state index in [9.17, 15) is 0 Å². The van der Waals surface area contributed by atoms with E-state index in [0.717, 1.165) is 12.8 Å². The summed E-state index contributed by atoms with van der Waals surface area (Å²) >= 11 is 0. The van der Waals surface area contributed by atoms with Crippen LogP contribution in [-0.4, -0.2) is 6.04 Å². The summed E-state index contributed by atoms with van der Waals surface area (Å²) in [7, 11) is 0. The van der Waals surface area contributed by atoms with Crippen LogP contribution in [0.1, 0.15) is 11.1 Å². The van der Waals surface area contributed by atoms with E-state index >= 15 is 0 Å². The van der Waals surface area contributed by atoms with Gasteiger partial charge in [-0.1, -0.05) is 24.3 Å². The third-order valence-electron chi connectivity index (χ3n) is 2.05. The zero-order valence-electron chi connectivity index (χ0n) is 5.80. The van der Waals surface area contributed by atoms with Gasteiger partial charge in [0.1, 0.15) is 0 Å². The maximum atomic E-state index is 7.52. The van der Waals surface area contributed by atoms with Crippen molar-refractivity contribution >= 4 is 0 Å². The maximum absolute atomic E-state index is 7.52. The molecule has 1 aliphatic rings. The van der Waals surface area contributed by atoms with Gasteiger partial charge in [-0.15, -0.1) is 0 Å². The number of benzene rings is 1. The van der Waals surface area contributed by atoms with Gasteiger partial charge in [0.05, 0.1) is 0 Å². The van der Waals surface area contributed by atoms with Crippen molar-refractivity contribution in [3.05, 3.63) is 35.4 Å². The van der Waals surface area contributed by atoms with E-state index in [-0.39, 0.29) is 6.04 Å². The minimum absolute atomic E-state index is 0.123. The van der Waals surface area contributed by atoms with Gasteiger partial charge in [-0.25, -0.2) is 0 Å². The summed E-state index contributed by atoms with van der Waals surface area (Å²) in [6.45, 7) is 0. The summed E-state index contributed by atoms with van der Waals surface area (Å²) in [4.78, 5) is 0. The molecule has 1 nitrogen and oxygen atoms in total. The number of hydrogen-bond acceptors (Lipinski definition) is 0. The molecule has 0 bridgehead atoms. The number of nitrogens with one attached hydrogen (secondary N) is 1. The molecule has 0 atom stereocenters. The molecule has 1 N–H and O–H groups in total. The molecule has 0 aromatic heterocycles. The van der Waals surface area contributed by atoms with Crippen molar-refractivity contribution in [2.45, 2.75) is 18.9 Å². The zero-order valence-corrected chi connectivity index (χ0v) is 5.80. The molecule has 0 fully saturated rings. The summed E-state index contributed by atoms with van der Waals surface area (Å²) in [6.07, 6.45) is 1.91. The quantitative estimate of drug-likeness (QED) is 0.510. The Morgan fingerprint density at radius 3 is 2.10 bits per heavy atom. The minimum atomic E-state index is 0.123. The van der Waals surface area contributed by atoms with Crippen LogP contribution in [-0.2, 0) is 12.8 Å². The molecule has 2 rings (SSSR count). The highest BCUT2D eigenvalue weighted by Gasteiger charge is 2.16. The molecule has 0 aliphatic heterocycles. The molecule has 0 amide bonds. The smallest absolute Gasteiger partial charge is 0.0293 e. The van der Waals surface area contributed by atoms with Crippen LogP contribution >= 0.6 is 0 Å².